The fourth-order valence-corrected chi connectivity index (χ4v) is 1.55. The Morgan fingerprint density at radius 2 is 2.21 bits per heavy atom. The van der Waals surface area contributed by atoms with Gasteiger partial charge in [0.1, 0.15) is 5.69 Å². The van der Waals surface area contributed by atoms with Crippen LogP contribution in [-0.4, -0.2) is 43.1 Å². The van der Waals surface area contributed by atoms with E-state index in [1.54, 1.807) is 13.2 Å². The van der Waals surface area contributed by atoms with Gasteiger partial charge in [-0.2, -0.15) is 0 Å². The highest BCUT2D eigenvalue weighted by Crippen LogP contribution is 2.19. The number of hydrogen-bond donors (Lipinski definition) is 2. The number of hydrogen-bond acceptors (Lipinski definition) is 4. The number of methoxy groups -OCH3 is 1. The van der Waals surface area contributed by atoms with Crippen LogP contribution >= 0.6 is 0 Å². The number of aromatic nitrogens is 1. The SMILES string of the molecule is COCCNC(=O)c1cc(C(=O)NC2CC2)ccn1. The van der Waals surface area contributed by atoms with Crippen LogP contribution < -0.4 is 10.6 Å². The number of carbonyl (C=O) groups excluding carboxylic acids is 2. The first kappa shape index (κ1) is 13.5. The molecule has 0 saturated heterocycles. The summed E-state index contributed by atoms with van der Waals surface area (Å²) in [7, 11) is 1.56. The van der Waals surface area contributed by atoms with Gasteiger partial charge < -0.3 is 15.4 Å². The molecule has 0 radical (unpaired) electrons. The minimum absolute atomic E-state index is 0.157. The monoisotopic (exact) mass is 263 g/mol. The molecular weight excluding hydrogens is 246 g/mol. The maximum absolute atomic E-state index is 11.8. The van der Waals surface area contributed by atoms with E-state index in [2.05, 4.69) is 15.6 Å². The van der Waals surface area contributed by atoms with E-state index in [0.717, 1.165) is 12.8 Å². The molecular formula is C13H17N3O3. The van der Waals surface area contributed by atoms with E-state index in [1.807, 2.05) is 0 Å². The van der Waals surface area contributed by atoms with E-state index in [0.29, 0.717) is 24.8 Å². The molecule has 0 bridgehead atoms. The van der Waals surface area contributed by atoms with Crippen LogP contribution in [0.5, 0.6) is 0 Å². The van der Waals surface area contributed by atoms with Crippen molar-refractivity contribution in [1.82, 2.24) is 15.6 Å². The van der Waals surface area contributed by atoms with E-state index < -0.39 is 0 Å². The van der Waals surface area contributed by atoms with E-state index >= 15 is 0 Å². The number of carbonyl (C=O) groups is 2. The van der Waals surface area contributed by atoms with Crippen molar-refractivity contribution in [1.29, 1.82) is 0 Å². The number of ether oxygens (including phenoxy) is 1. The van der Waals surface area contributed by atoms with Gasteiger partial charge in [0.05, 0.1) is 6.61 Å². The lowest BCUT2D eigenvalue weighted by atomic mass is 10.2. The fraction of sp³-hybridized carbons (Fsp3) is 0.462. The predicted molar refractivity (Wildman–Crippen MR) is 68.9 cm³/mol. The molecule has 6 nitrogen and oxygen atoms in total. The van der Waals surface area contributed by atoms with Gasteiger partial charge in [0.15, 0.2) is 0 Å². The van der Waals surface area contributed by atoms with Gasteiger partial charge >= 0.3 is 0 Å². The first-order valence-electron chi connectivity index (χ1n) is 6.25. The van der Waals surface area contributed by atoms with Gasteiger partial charge in [-0.1, -0.05) is 0 Å². The summed E-state index contributed by atoms with van der Waals surface area (Å²) in [5.41, 5.74) is 0.693. The molecule has 2 amide bonds. The number of rotatable bonds is 6. The van der Waals surface area contributed by atoms with Gasteiger partial charge in [0.2, 0.25) is 0 Å². The maximum atomic E-state index is 11.8. The molecule has 0 aromatic carbocycles. The van der Waals surface area contributed by atoms with Crippen molar-refractivity contribution < 1.29 is 14.3 Å². The van der Waals surface area contributed by atoms with Crippen molar-refractivity contribution in [3.8, 4) is 0 Å². The standard InChI is InChI=1S/C13H17N3O3/c1-19-7-6-15-13(18)11-8-9(4-5-14-11)12(17)16-10-2-3-10/h4-5,8,10H,2-3,6-7H2,1H3,(H,15,18)(H,16,17). The molecule has 0 unspecified atom stereocenters. The summed E-state index contributed by atoms with van der Waals surface area (Å²) < 4.78 is 4.84. The Morgan fingerprint density at radius 3 is 2.89 bits per heavy atom. The van der Waals surface area contributed by atoms with Gasteiger partial charge in [-0.25, -0.2) is 0 Å². The molecule has 1 fully saturated rings. The largest absolute Gasteiger partial charge is 0.383 e. The fourth-order valence-electron chi connectivity index (χ4n) is 1.55. The summed E-state index contributed by atoms with van der Waals surface area (Å²) in [4.78, 5) is 27.6. The van der Waals surface area contributed by atoms with Crippen molar-refractivity contribution >= 4 is 11.8 Å². The predicted octanol–water partition coefficient (Wildman–Crippen LogP) is 0.350. The van der Waals surface area contributed by atoms with E-state index in [9.17, 15) is 9.59 Å². The second-order valence-corrected chi connectivity index (χ2v) is 4.43. The number of nitrogens with zero attached hydrogens (tertiary/aromatic N) is 1. The van der Waals surface area contributed by atoms with Crippen LogP contribution in [0.4, 0.5) is 0 Å². The molecule has 1 aromatic rings. The van der Waals surface area contributed by atoms with Gasteiger partial charge in [-0.15, -0.1) is 0 Å². The molecule has 0 aliphatic heterocycles. The maximum Gasteiger partial charge on any atom is 0.269 e. The second-order valence-electron chi connectivity index (χ2n) is 4.43. The third-order valence-corrected chi connectivity index (χ3v) is 2.76. The van der Waals surface area contributed by atoms with Crippen LogP contribution in [0.15, 0.2) is 18.3 Å². The van der Waals surface area contributed by atoms with Gasteiger partial charge in [-0.3, -0.25) is 14.6 Å². The Labute approximate surface area is 111 Å². The lowest BCUT2D eigenvalue weighted by Gasteiger charge is -2.06. The summed E-state index contributed by atoms with van der Waals surface area (Å²) in [6.45, 7) is 0.850. The van der Waals surface area contributed by atoms with Gasteiger partial charge in [0.25, 0.3) is 11.8 Å². The highest BCUT2D eigenvalue weighted by molar-refractivity contribution is 5.98. The topological polar surface area (TPSA) is 80.3 Å². The van der Waals surface area contributed by atoms with Crippen LogP contribution in [-0.2, 0) is 4.74 Å². The number of amides is 2. The highest BCUT2D eigenvalue weighted by Gasteiger charge is 2.24. The quantitative estimate of drug-likeness (QED) is 0.726. The highest BCUT2D eigenvalue weighted by atomic mass is 16.5. The molecule has 1 aliphatic carbocycles. The molecule has 2 rings (SSSR count). The van der Waals surface area contributed by atoms with Crippen molar-refractivity contribution in [2.45, 2.75) is 18.9 Å². The van der Waals surface area contributed by atoms with E-state index in [-0.39, 0.29) is 17.5 Å². The Balaban J connectivity index is 1.97. The van der Waals surface area contributed by atoms with Crippen LogP contribution in [0, 0.1) is 0 Å². The van der Waals surface area contributed by atoms with E-state index in [4.69, 9.17) is 4.74 Å². The number of pyridine rings is 1. The third-order valence-electron chi connectivity index (χ3n) is 2.76. The van der Waals surface area contributed by atoms with Crippen LogP contribution in [0.25, 0.3) is 0 Å². The Kier molecular flexibility index (Phi) is 4.46. The van der Waals surface area contributed by atoms with Crippen LogP contribution in [0.3, 0.4) is 0 Å². The average molecular weight is 263 g/mol. The van der Waals surface area contributed by atoms with Crippen molar-refractivity contribution in [3.05, 3.63) is 29.6 Å². The Bertz CT molecular complexity index is 472. The van der Waals surface area contributed by atoms with Crippen LogP contribution in [0.2, 0.25) is 0 Å². The normalized spacial score (nSPS) is 13.9. The zero-order chi connectivity index (χ0) is 13.7. The zero-order valence-corrected chi connectivity index (χ0v) is 10.8. The Morgan fingerprint density at radius 1 is 1.42 bits per heavy atom. The molecule has 0 atom stereocenters. The molecule has 19 heavy (non-hydrogen) atoms. The lowest BCUT2D eigenvalue weighted by molar-refractivity contribution is 0.0932. The summed E-state index contributed by atoms with van der Waals surface area (Å²) in [5, 5.41) is 5.53. The smallest absolute Gasteiger partial charge is 0.269 e. The average Bonchev–Trinajstić information content (AvgIpc) is 3.23. The first-order chi connectivity index (χ1) is 9.20. The van der Waals surface area contributed by atoms with Gasteiger partial charge in [-0.05, 0) is 25.0 Å². The second kappa shape index (κ2) is 6.29. The summed E-state index contributed by atoms with van der Waals surface area (Å²) in [5.74, 6) is -0.464. The first-order valence-corrected chi connectivity index (χ1v) is 6.25. The molecule has 1 aromatic heterocycles. The minimum Gasteiger partial charge on any atom is -0.383 e. The Hall–Kier alpha value is -1.95. The molecule has 1 heterocycles. The minimum atomic E-state index is -0.307. The van der Waals surface area contributed by atoms with Crippen molar-refractivity contribution in [2.75, 3.05) is 20.3 Å². The molecule has 0 spiro atoms. The van der Waals surface area contributed by atoms with E-state index in [1.165, 1.54) is 12.3 Å². The molecule has 2 N–H and O–H groups in total. The molecule has 1 aliphatic rings. The molecule has 1 saturated carbocycles. The van der Waals surface area contributed by atoms with Crippen molar-refractivity contribution in [3.63, 3.8) is 0 Å². The van der Waals surface area contributed by atoms with Crippen LogP contribution in [0.1, 0.15) is 33.7 Å². The zero-order valence-electron chi connectivity index (χ0n) is 10.8. The molecule has 102 valence electrons. The van der Waals surface area contributed by atoms with Gasteiger partial charge in [0, 0.05) is 31.5 Å². The number of nitrogens with one attached hydrogen (secondary N) is 2. The summed E-state index contributed by atoms with van der Waals surface area (Å²) in [6.07, 6.45) is 3.52. The lowest BCUT2D eigenvalue weighted by Crippen LogP contribution is -2.29. The summed E-state index contributed by atoms with van der Waals surface area (Å²) in [6, 6.07) is 3.39. The summed E-state index contributed by atoms with van der Waals surface area (Å²) >= 11 is 0. The van der Waals surface area contributed by atoms with Crippen molar-refractivity contribution in [2.24, 2.45) is 0 Å². The molecule has 6 heteroatoms. The third kappa shape index (κ3) is 4.03.